The standard InChI is InChI=1S/C8H8F3N.C6H14N2O/c9-8(10,11)7-3-1-6(5-12)2-4-7;7-1-2-8-3-5-9-6-4-8/h1-4H,5,12H2;1-7H2. The zero-order chi connectivity index (χ0) is 15.7. The molecule has 1 aromatic rings. The largest absolute Gasteiger partial charge is 0.416 e. The van der Waals surface area contributed by atoms with Crippen molar-refractivity contribution in [3.63, 3.8) is 0 Å². The second-order valence-electron chi connectivity index (χ2n) is 4.64. The number of halogens is 3. The second-order valence-corrected chi connectivity index (χ2v) is 4.64. The molecule has 1 fully saturated rings. The Kier molecular flexibility index (Phi) is 7.66. The first-order chi connectivity index (χ1) is 9.97. The van der Waals surface area contributed by atoms with Gasteiger partial charge in [-0.1, -0.05) is 12.1 Å². The van der Waals surface area contributed by atoms with Gasteiger partial charge in [-0.25, -0.2) is 0 Å². The Bertz CT molecular complexity index is 387. The third-order valence-electron chi connectivity index (χ3n) is 3.07. The summed E-state index contributed by atoms with van der Waals surface area (Å²) in [6.07, 6.45) is -4.26. The van der Waals surface area contributed by atoms with Crippen molar-refractivity contribution in [3.05, 3.63) is 35.4 Å². The number of hydrogen-bond acceptors (Lipinski definition) is 4. The van der Waals surface area contributed by atoms with Crippen molar-refractivity contribution in [2.24, 2.45) is 11.5 Å². The quantitative estimate of drug-likeness (QED) is 0.887. The van der Waals surface area contributed by atoms with Crippen molar-refractivity contribution in [1.29, 1.82) is 0 Å². The first-order valence-electron chi connectivity index (χ1n) is 6.83. The van der Waals surface area contributed by atoms with Crippen molar-refractivity contribution in [1.82, 2.24) is 4.90 Å². The van der Waals surface area contributed by atoms with Crippen LogP contribution in [-0.4, -0.2) is 44.3 Å². The number of rotatable bonds is 3. The summed E-state index contributed by atoms with van der Waals surface area (Å²) < 4.78 is 41.1. The molecule has 4 N–H and O–H groups in total. The Balaban J connectivity index is 0.000000219. The van der Waals surface area contributed by atoms with E-state index in [4.69, 9.17) is 16.2 Å². The van der Waals surface area contributed by atoms with Gasteiger partial charge in [-0.15, -0.1) is 0 Å². The van der Waals surface area contributed by atoms with E-state index in [1.807, 2.05) is 0 Å². The minimum atomic E-state index is -4.26. The smallest absolute Gasteiger partial charge is 0.379 e. The fourth-order valence-electron chi connectivity index (χ4n) is 1.84. The van der Waals surface area contributed by atoms with Gasteiger partial charge in [0.25, 0.3) is 0 Å². The topological polar surface area (TPSA) is 64.5 Å². The number of benzene rings is 1. The average Bonchev–Trinajstić information content (AvgIpc) is 2.48. The molecule has 7 heteroatoms. The van der Waals surface area contributed by atoms with Crippen LogP contribution in [0.2, 0.25) is 0 Å². The van der Waals surface area contributed by atoms with E-state index >= 15 is 0 Å². The average molecular weight is 305 g/mol. The van der Waals surface area contributed by atoms with Crippen LogP contribution >= 0.6 is 0 Å². The summed E-state index contributed by atoms with van der Waals surface area (Å²) in [5, 5.41) is 0. The van der Waals surface area contributed by atoms with Gasteiger partial charge < -0.3 is 16.2 Å². The lowest BCUT2D eigenvalue weighted by atomic mass is 10.1. The molecule has 120 valence electrons. The van der Waals surface area contributed by atoms with Gasteiger partial charge in [0.15, 0.2) is 0 Å². The molecule has 21 heavy (non-hydrogen) atoms. The molecule has 1 aliphatic rings. The Morgan fingerprint density at radius 3 is 2.05 bits per heavy atom. The maximum atomic E-state index is 12.0. The molecule has 4 nitrogen and oxygen atoms in total. The van der Waals surface area contributed by atoms with Crippen LogP contribution in [-0.2, 0) is 17.5 Å². The molecule has 0 aliphatic carbocycles. The SMILES string of the molecule is NCCN1CCOCC1.NCc1ccc(C(F)(F)F)cc1. The minimum Gasteiger partial charge on any atom is -0.379 e. The summed E-state index contributed by atoms with van der Waals surface area (Å²) in [4.78, 5) is 2.32. The highest BCUT2D eigenvalue weighted by Gasteiger charge is 2.29. The lowest BCUT2D eigenvalue weighted by Crippen LogP contribution is -2.39. The van der Waals surface area contributed by atoms with E-state index in [0.717, 1.165) is 51.5 Å². The van der Waals surface area contributed by atoms with E-state index in [-0.39, 0.29) is 6.54 Å². The first-order valence-corrected chi connectivity index (χ1v) is 6.83. The number of nitrogens with zero attached hydrogens (tertiary/aromatic N) is 1. The van der Waals surface area contributed by atoms with E-state index in [1.165, 1.54) is 12.1 Å². The zero-order valence-electron chi connectivity index (χ0n) is 11.9. The molecule has 1 heterocycles. The number of nitrogens with two attached hydrogens (primary N) is 2. The molecule has 0 saturated carbocycles. The monoisotopic (exact) mass is 305 g/mol. The third kappa shape index (κ3) is 6.90. The van der Waals surface area contributed by atoms with E-state index in [2.05, 4.69) is 4.90 Å². The number of ether oxygens (including phenoxy) is 1. The van der Waals surface area contributed by atoms with Crippen LogP contribution in [0.15, 0.2) is 24.3 Å². The predicted molar refractivity (Wildman–Crippen MR) is 75.6 cm³/mol. The Hall–Kier alpha value is -1.15. The van der Waals surface area contributed by atoms with Crippen LogP contribution in [0.1, 0.15) is 11.1 Å². The number of alkyl halides is 3. The summed E-state index contributed by atoms with van der Waals surface area (Å²) in [5.74, 6) is 0. The highest BCUT2D eigenvalue weighted by molar-refractivity contribution is 5.24. The number of morpholine rings is 1. The Morgan fingerprint density at radius 1 is 1.05 bits per heavy atom. The van der Waals surface area contributed by atoms with E-state index in [9.17, 15) is 13.2 Å². The van der Waals surface area contributed by atoms with Crippen LogP contribution < -0.4 is 11.5 Å². The zero-order valence-corrected chi connectivity index (χ0v) is 11.9. The summed E-state index contributed by atoms with van der Waals surface area (Å²) in [6.45, 7) is 5.90. The molecule has 0 aromatic heterocycles. The summed E-state index contributed by atoms with van der Waals surface area (Å²) in [6, 6.07) is 4.82. The van der Waals surface area contributed by atoms with E-state index in [0.29, 0.717) is 5.56 Å². The third-order valence-corrected chi connectivity index (χ3v) is 3.07. The van der Waals surface area contributed by atoms with Crippen LogP contribution in [0.25, 0.3) is 0 Å². The lowest BCUT2D eigenvalue weighted by molar-refractivity contribution is -0.137. The highest BCUT2D eigenvalue weighted by Crippen LogP contribution is 2.28. The fourth-order valence-corrected chi connectivity index (χ4v) is 1.84. The molecule has 0 radical (unpaired) electrons. The van der Waals surface area contributed by atoms with Gasteiger partial charge >= 0.3 is 6.18 Å². The Morgan fingerprint density at radius 2 is 1.62 bits per heavy atom. The first kappa shape index (κ1) is 17.9. The molecule has 1 saturated heterocycles. The van der Waals surface area contributed by atoms with Crippen molar-refractivity contribution < 1.29 is 17.9 Å². The number of hydrogen-bond donors (Lipinski definition) is 2. The van der Waals surface area contributed by atoms with Crippen molar-refractivity contribution in [2.45, 2.75) is 12.7 Å². The fraction of sp³-hybridized carbons (Fsp3) is 0.571. The molecule has 2 rings (SSSR count). The molecule has 1 aromatic carbocycles. The van der Waals surface area contributed by atoms with Gasteiger partial charge in [0.2, 0.25) is 0 Å². The Labute approximate surface area is 122 Å². The predicted octanol–water partition coefficient (Wildman–Crippen LogP) is 1.44. The summed E-state index contributed by atoms with van der Waals surface area (Å²) in [7, 11) is 0. The van der Waals surface area contributed by atoms with Crippen molar-refractivity contribution in [3.8, 4) is 0 Å². The van der Waals surface area contributed by atoms with Gasteiger partial charge in [-0.3, -0.25) is 4.90 Å². The minimum absolute atomic E-state index is 0.262. The highest BCUT2D eigenvalue weighted by atomic mass is 19.4. The summed E-state index contributed by atoms with van der Waals surface area (Å²) >= 11 is 0. The molecule has 0 atom stereocenters. The van der Waals surface area contributed by atoms with Crippen molar-refractivity contribution >= 4 is 0 Å². The maximum absolute atomic E-state index is 12.0. The van der Waals surface area contributed by atoms with E-state index in [1.54, 1.807) is 0 Å². The summed E-state index contributed by atoms with van der Waals surface area (Å²) in [5.41, 5.74) is 10.7. The van der Waals surface area contributed by atoms with E-state index < -0.39 is 11.7 Å². The van der Waals surface area contributed by atoms with Gasteiger partial charge in [0, 0.05) is 32.7 Å². The molecule has 0 spiro atoms. The van der Waals surface area contributed by atoms with Crippen LogP contribution in [0.4, 0.5) is 13.2 Å². The van der Waals surface area contributed by atoms with Crippen LogP contribution in [0.3, 0.4) is 0 Å². The van der Waals surface area contributed by atoms with Crippen molar-refractivity contribution in [2.75, 3.05) is 39.4 Å². The maximum Gasteiger partial charge on any atom is 0.416 e. The molecular weight excluding hydrogens is 283 g/mol. The second kappa shape index (κ2) is 8.99. The van der Waals surface area contributed by atoms with Gasteiger partial charge in [0.05, 0.1) is 18.8 Å². The normalized spacial score (nSPS) is 16.2. The molecular formula is C14H22F3N3O. The lowest BCUT2D eigenvalue weighted by Gasteiger charge is -2.25. The van der Waals surface area contributed by atoms with Crippen LogP contribution in [0.5, 0.6) is 0 Å². The van der Waals surface area contributed by atoms with Gasteiger partial charge in [0.1, 0.15) is 0 Å². The van der Waals surface area contributed by atoms with Crippen LogP contribution in [0, 0.1) is 0 Å². The molecule has 0 amide bonds. The molecule has 1 aliphatic heterocycles. The van der Waals surface area contributed by atoms with Gasteiger partial charge in [-0.05, 0) is 17.7 Å². The molecule has 0 unspecified atom stereocenters. The van der Waals surface area contributed by atoms with Gasteiger partial charge in [-0.2, -0.15) is 13.2 Å². The molecule has 0 bridgehead atoms.